The van der Waals surface area contributed by atoms with Crippen molar-refractivity contribution >= 4 is 5.78 Å². The quantitative estimate of drug-likeness (QED) is 0.424. The van der Waals surface area contributed by atoms with Crippen LogP contribution >= 0.6 is 0 Å². The van der Waals surface area contributed by atoms with E-state index in [1.54, 1.807) is 6.07 Å². The Hall–Kier alpha value is -4.32. The van der Waals surface area contributed by atoms with Crippen LogP contribution in [0, 0.1) is 0 Å². The predicted octanol–water partition coefficient (Wildman–Crippen LogP) is 2.97. The van der Waals surface area contributed by atoms with Crippen molar-refractivity contribution < 1.29 is 32.2 Å². The van der Waals surface area contributed by atoms with Crippen molar-refractivity contribution in [2.24, 2.45) is 5.73 Å². The number of imidazole rings is 1. The summed E-state index contributed by atoms with van der Waals surface area (Å²) in [4.78, 5) is 29.4. The maximum absolute atomic E-state index is 12.9. The fraction of sp³-hybridized carbons (Fsp3) is 0.0952. The van der Waals surface area contributed by atoms with E-state index in [1.165, 1.54) is 42.8 Å². The molecule has 0 amide bonds. The number of rotatable bonds is 6. The van der Waals surface area contributed by atoms with Crippen LogP contribution in [-0.4, -0.2) is 31.4 Å². The average molecular weight is 460 g/mol. The lowest BCUT2D eigenvalue weighted by atomic mass is 10.1. The van der Waals surface area contributed by atoms with E-state index < -0.39 is 35.6 Å². The Kier molecular flexibility index (Phi) is 5.52. The van der Waals surface area contributed by atoms with Gasteiger partial charge in [0.2, 0.25) is 11.7 Å². The number of aromatic nitrogens is 3. The largest absolute Gasteiger partial charge is 0.573 e. The molecule has 9 nitrogen and oxygen atoms in total. The highest BCUT2D eigenvalue weighted by molar-refractivity contribution is 6.05. The monoisotopic (exact) mass is 460 g/mol. The van der Waals surface area contributed by atoms with Gasteiger partial charge in [-0.3, -0.25) is 14.3 Å². The van der Waals surface area contributed by atoms with Crippen LogP contribution in [0.4, 0.5) is 13.2 Å². The third-order valence-electron chi connectivity index (χ3n) is 4.63. The molecule has 0 aliphatic rings. The molecule has 3 N–H and O–H groups in total. The number of halogens is 3. The molecule has 1 atom stereocenters. The highest BCUT2D eigenvalue weighted by atomic mass is 19.4. The highest BCUT2D eigenvalue weighted by Crippen LogP contribution is 2.25. The summed E-state index contributed by atoms with van der Waals surface area (Å²) in [6.07, 6.45) is -2.22. The molecule has 0 bridgehead atoms. The van der Waals surface area contributed by atoms with Gasteiger partial charge >= 0.3 is 12.1 Å². The average Bonchev–Trinajstić information content (AvgIpc) is 3.41. The third-order valence-corrected chi connectivity index (χ3v) is 4.63. The number of aromatic hydroxyl groups is 1. The molecule has 0 saturated carbocycles. The number of hydrogen-bond acceptors (Lipinski definition) is 7. The van der Waals surface area contributed by atoms with Crippen LogP contribution in [0.1, 0.15) is 28.0 Å². The summed E-state index contributed by atoms with van der Waals surface area (Å²) in [5, 5.41) is 10.3. The SMILES string of the molecule is NC(c1ccnc(C(=O)c2ccco2)c1)n1cc(O)n(-c2ccc(OC(F)(F)F)cc2)c1=O. The Morgan fingerprint density at radius 1 is 1.18 bits per heavy atom. The molecular weight excluding hydrogens is 445 g/mol. The van der Waals surface area contributed by atoms with Gasteiger partial charge in [-0.15, -0.1) is 13.2 Å². The van der Waals surface area contributed by atoms with E-state index in [2.05, 4.69) is 9.72 Å². The zero-order valence-corrected chi connectivity index (χ0v) is 16.6. The standard InChI is InChI=1S/C21H15F3N4O5/c22-21(23,24)33-14-5-3-13(4-6-14)28-17(29)11-27(20(28)31)19(25)12-7-8-26-15(10-12)18(30)16-2-1-9-32-16/h1-11,19,29H,25H2. The second-order valence-corrected chi connectivity index (χ2v) is 6.78. The summed E-state index contributed by atoms with van der Waals surface area (Å²) in [5.74, 6) is -1.39. The minimum atomic E-state index is -4.86. The molecule has 0 saturated heterocycles. The van der Waals surface area contributed by atoms with Crippen LogP contribution in [0.3, 0.4) is 0 Å². The molecule has 170 valence electrons. The Labute approximate surface area is 183 Å². The van der Waals surface area contributed by atoms with Gasteiger partial charge in [-0.05, 0) is 54.1 Å². The number of ether oxygens (including phenoxy) is 1. The lowest BCUT2D eigenvalue weighted by molar-refractivity contribution is -0.274. The number of benzene rings is 1. The van der Waals surface area contributed by atoms with E-state index in [9.17, 15) is 27.9 Å². The molecule has 1 unspecified atom stereocenters. The second kappa shape index (κ2) is 8.31. The van der Waals surface area contributed by atoms with Crippen LogP contribution in [0.5, 0.6) is 11.6 Å². The lowest BCUT2D eigenvalue weighted by Crippen LogP contribution is -2.31. The molecule has 0 spiro atoms. The summed E-state index contributed by atoms with van der Waals surface area (Å²) < 4.78 is 47.7. The number of pyridine rings is 1. The topological polar surface area (TPSA) is 126 Å². The molecule has 4 rings (SSSR count). The molecule has 4 aromatic rings. The maximum Gasteiger partial charge on any atom is 0.573 e. The lowest BCUT2D eigenvalue weighted by Gasteiger charge is -2.13. The molecule has 0 fully saturated rings. The first-order chi connectivity index (χ1) is 15.6. The minimum absolute atomic E-state index is 0.0369. The van der Waals surface area contributed by atoms with Gasteiger partial charge in [-0.25, -0.2) is 9.36 Å². The van der Waals surface area contributed by atoms with Gasteiger partial charge in [0, 0.05) is 6.20 Å². The number of carbonyl (C=O) groups is 1. The predicted molar refractivity (Wildman–Crippen MR) is 107 cm³/mol. The van der Waals surface area contributed by atoms with Gasteiger partial charge in [0.1, 0.15) is 17.6 Å². The smallest absolute Gasteiger partial charge is 0.493 e. The van der Waals surface area contributed by atoms with Crippen LogP contribution in [0.15, 0.2) is 76.4 Å². The highest BCUT2D eigenvalue weighted by Gasteiger charge is 2.31. The van der Waals surface area contributed by atoms with Crippen molar-refractivity contribution in [2.75, 3.05) is 0 Å². The molecule has 33 heavy (non-hydrogen) atoms. The summed E-state index contributed by atoms with van der Waals surface area (Å²) in [7, 11) is 0. The summed E-state index contributed by atoms with van der Waals surface area (Å²) >= 11 is 0. The first kappa shape index (κ1) is 21.9. The molecule has 12 heteroatoms. The Morgan fingerprint density at radius 3 is 2.55 bits per heavy atom. The first-order valence-electron chi connectivity index (χ1n) is 9.33. The number of nitrogens with zero attached hydrogens (tertiary/aromatic N) is 3. The number of nitrogens with two attached hydrogens (primary N) is 1. The summed E-state index contributed by atoms with van der Waals surface area (Å²) in [6, 6.07) is 10.3. The zero-order chi connectivity index (χ0) is 23.8. The fourth-order valence-corrected chi connectivity index (χ4v) is 3.14. The molecule has 3 heterocycles. The van der Waals surface area contributed by atoms with Gasteiger partial charge in [0.05, 0.1) is 18.1 Å². The number of ketones is 1. The molecule has 3 aromatic heterocycles. The van der Waals surface area contributed by atoms with Gasteiger partial charge < -0.3 is 20.0 Å². The number of carbonyl (C=O) groups excluding carboxylic acids is 1. The van der Waals surface area contributed by atoms with Gasteiger partial charge in [-0.1, -0.05) is 0 Å². The van der Waals surface area contributed by atoms with Crippen LogP contribution in [0.25, 0.3) is 5.69 Å². The molecular formula is C21H15F3N4O5. The molecule has 0 aliphatic carbocycles. The zero-order valence-electron chi connectivity index (χ0n) is 16.6. The van der Waals surface area contributed by atoms with Crippen molar-refractivity contribution in [3.8, 4) is 17.3 Å². The number of hydrogen-bond donors (Lipinski definition) is 2. The molecule has 0 aliphatic heterocycles. The Bertz CT molecular complexity index is 1340. The van der Waals surface area contributed by atoms with E-state index in [1.807, 2.05) is 0 Å². The van der Waals surface area contributed by atoms with Gasteiger partial charge in [0.25, 0.3) is 0 Å². The van der Waals surface area contributed by atoms with E-state index in [4.69, 9.17) is 10.2 Å². The van der Waals surface area contributed by atoms with Crippen molar-refractivity contribution in [1.82, 2.24) is 14.1 Å². The van der Waals surface area contributed by atoms with Gasteiger partial charge in [-0.2, -0.15) is 0 Å². The third kappa shape index (κ3) is 4.50. The van der Waals surface area contributed by atoms with Crippen LogP contribution in [-0.2, 0) is 0 Å². The fourth-order valence-electron chi connectivity index (χ4n) is 3.14. The first-order valence-corrected chi connectivity index (χ1v) is 9.33. The summed E-state index contributed by atoms with van der Waals surface area (Å²) in [6.45, 7) is 0. The van der Waals surface area contributed by atoms with E-state index in [0.717, 1.165) is 27.5 Å². The van der Waals surface area contributed by atoms with Crippen molar-refractivity contribution in [1.29, 1.82) is 0 Å². The maximum atomic E-state index is 12.9. The number of alkyl halides is 3. The minimum Gasteiger partial charge on any atom is -0.493 e. The normalized spacial score (nSPS) is 12.5. The molecule has 0 radical (unpaired) electrons. The van der Waals surface area contributed by atoms with Crippen molar-refractivity contribution in [2.45, 2.75) is 12.5 Å². The van der Waals surface area contributed by atoms with Crippen LogP contribution in [0.2, 0.25) is 0 Å². The van der Waals surface area contributed by atoms with Gasteiger partial charge in [0.15, 0.2) is 5.76 Å². The Balaban J connectivity index is 1.64. The van der Waals surface area contributed by atoms with E-state index in [0.29, 0.717) is 5.56 Å². The van der Waals surface area contributed by atoms with Crippen molar-refractivity contribution in [3.63, 3.8) is 0 Å². The molecule has 1 aromatic carbocycles. The Morgan fingerprint density at radius 2 is 1.91 bits per heavy atom. The van der Waals surface area contributed by atoms with E-state index >= 15 is 0 Å². The van der Waals surface area contributed by atoms with Crippen LogP contribution < -0.4 is 16.2 Å². The number of furan rings is 1. The second-order valence-electron chi connectivity index (χ2n) is 6.78. The van der Waals surface area contributed by atoms with E-state index in [-0.39, 0.29) is 17.1 Å². The van der Waals surface area contributed by atoms with Crippen molar-refractivity contribution in [3.05, 3.63) is 94.7 Å². The summed E-state index contributed by atoms with van der Waals surface area (Å²) in [5.41, 5.74) is 5.89.